The molecule has 1 aromatic carbocycles. The highest BCUT2D eigenvalue weighted by atomic mass is 32.2. The quantitative estimate of drug-likeness (QED) is 0.915. The minimum Gasteiger partial charge on any atom is -0.497 e. The molecule has 1 aliphatic rings. The van der Waals surface area contributed by atoms with Crippen LogP contribution >= 0.6 is 11.8 Å². The van der Waals surface area contributed by atoms with Crippen LogP contribution in [-0.2, 0) is 6.61 Å². The van der Waals surface area contributed by atoms with Crippen molar-refractivity contribution in [3.63, 3.8) is 0 Å². The minimum atomic E-state index is 0.369. The van der Waals surface area contributed by atoms with Gasteiger partial charge in [-0.2, -0.15) is 0 Å². The maximum Gasteiger partial charge on any atom is 0.210 e. The Morgan fingerprint density at radius 2 is 2.26 bits per heavy atom. The van der Waals surface area contributed by atoms with Gasteiger partial charge in [-0.05, 0) is 12.1 Å². The number of hydrogen-bond acceptors (Lipinski definition) is 6. The van der Waals surface area contributed by atoms with Gasteiger partial charge in [0.15, 0.2) is 5.82 Å². The standard InChI is InChI=1S/C12H14N4O2S/c1-17-9-3-2-4-10(7-9)18-8-11-14-15-12-16(11)13-5-6-19-12/h2-4,7,13H,5-6,8H2,1H3. The molecule has 0 saturated heterocycles. The molecule has 0 unspecified atom stereocenters. The number of benzene rings is 1. The Morgan fingerprint density at radius 3 is 3.16 bits per heavy atom. The number of nitrogens with zero attached hydrogens (tertiary/aromatic N) is 3. The van der Waals surface area contributed by atoms with Crippen LogP contribution in [0.25, 0.3) is 0 Å². The Morgan fingerprint density at radius 1 is 1.37 bits per heavy atom. The number of hydrogen-bond donors (Lipinski definition) is 1. The maximum absolute atomic E-state index is 5.71. The van der Waals surface area contributed by atoms with Crippen LogP contribution in [0, 0.1) is 0 Å². The molecule has 0 aliphatic carbocycles. The van der Waals surface area contributed by atoms with Crippen LogP contribution in [0.2, 0.25) is 0 Å². The van der Waals surface area contributed by atoms with Gasteiger partial charge in [0.2, 0.25) is 5.16 Å². The van der Waals surface area contributed by atoms with Gasteiger partial charge < -0.3 is 14.9 Å². The molecule has 0 bridgehead atoms. The highest BCUT2D eigenvalue weighted by molar-refractivity contribution is 7.99. The molecule has 0 saturated carbocycles. The van der Waals surface area contributed by atoms with Crippen LogP contribution in [0.5, 0.6) is 11.5 Å². The highest BCUT2D eigenvalue weighted by Crippen LogP contribution is 2.22. The van der Waals surface area contributed by atoms with E-state index in [9.17, 15) is 0 Å². The van der Waals surface area contributed by atoms with Gasteiger partial charge in [0.05, 0.1) is 7.11 Å². The molecule has 0 amide bonds. The van der Waals surface area contributed by atoms with E-state index in [0.717, 1.165) is 34.8 Å². The molecule has 0 fully saturated rings. The fourth-order valence-corrected chi connectivity index (χ4v) is 2.56. The van der Waals surface area contributed by atoms with Crippen LogP contribution in [-0.4, -0.2) is 34.3 Å². The normalized spacial score (nSPS) is 13.5. The van der Waals surface area contributed by atoms with E-state index in [2.05, 4.69) is 15.6 Å². The first-order chi connectivity index (χ1) is 9.36. The van der Waals surface area contributed by atoms with Crippen molar-refractivity contribution in [2.45, 2.75) is 11.8 Å². The summed E-state index contributed by atoms with van der Waals surface area (Å²) in [5.41, 5.74) is 3.24. The Hall–Kier alpha value is -1.89. The van der Waals surface area contributed by atoms with E-state index in [1.165, 1.54) is 0 Å². The molecule has 0 spiro atoms. The zero-order chi connectivity index (χ0) is 13.1. The molecule has 1 aliphatic heterocycles. The van der Waals surface area contributed by atoms with Gasteiger partial charge in [0, 0.05) is 18.4 Å². The predicted molar refractivity (Wildman–Crippen MR) is 72.3 cm³/mol. The van der Waals surface area contributed by atoms with E-state index in [1.54, 1.807) is 18.9 Å². The smallest absolute Gasteiger partial charge is 0.210 e. The molecule has 100 valence electrons. The van der Waals surface area contributed by atoms with E-state index in [0.29, 0.717) is 6.61 Å². The number of ether oxygens (including phenoxy) is 2. The van der Waals surface area contributed by atoms with Crippen LogP contribution < -0.4 is 14.9 Å². The third kappa shape index (κ3) is 2.60. The summed E-state index contributed by atoms with van der Waals surface area (Å²) in [5.74, 6) is 3.30. The van der Waals surface area contributed by atoms with Crippen LogP contribution in [0.15, 0.2) is 29.4 Å². The van der Waals surface area contributed by atoms with Crippen molar-refractivity contribution < 1.29 is 9.47 Å². The van der Waals surface area contributed by atoms with Gasteiger partial charge in [0.1, 0.15) is 18.1 Å². The maximum atomic E-state index is 5.71. The Bertz CT molecular complexity index is 573. The van der Waals surface area contributed by atoms with E-state index in [4.69, 9.17) is 9.47 Å². The van der Waals surface area contributed by atoms with Crippen LogP contribution in [0.4, 0.5) is 0 Å². The van der Waals surface area contributed by atoms with Crippen molar-refractivity contribution in [3.05, 3.63) is 30.1 Å². The monoisotopic (exact) mass is 278 g/mol. The first kappa shape index (κ1) is 12.2. The summed E-state index contributed by atoms with van der Waals surface area (Å²) in [6, 6.07) is 7.50. The van der Waals surface area contributed by atoms with Crippen LogP contribution in [0.1, 0.15) is 5.82 Å². The van der Waals surface area contributed by atoms with E-state index in [-0.39, 0.29) is 0 Å². The third-order valence-corrected chi connectivity index (χ3v) is 3.64. The van der Waals surface area contributed by atoms with E-state index < -0.39 is 0 Å². The van der Waals surface area contributed by atoms with Gasteiger partial charge in [0.25, 0.3) is 0 Å². The predicted octanol–water partition coefficient (Wildman–Crippen LogP) is 1.51. The van der Waals surface area contributed by atoms with Gasteiger partial charge >= 0.3 is 0 Å². The van der Waals surface area contributed by atoms with Crippen molar-refractivity contribution in [1.82, 2.24) is 14.9 Å². The topological polar surface area (TPSA) is 61.2 Å². The summed E-state index contributed by atoms with van der Waals surface area (Å²) in [4.78, 5) is 0. The number of rotatable bonds is 4. The molecule has 1 aromatic heterocycles. The number of thioether (sulfide) groups is 1. The summed E-state index contributed by atoms with van der Waals surface area (Å²) in [6.45, 7) is 1.27. The third-order valence-electron chi connectivity index (χ3n) is 2.71. The summed E-state index contributed by atoms with van der Waals surface area (Å²) in [6.07, 6.45) is 0. The fraction of sp³-hybridized carbons (Fsp3) is 0.333. The summed E-state index contributed by atoms with van der Waals surface area (Å²) < 4.78 is 12.7. The number of nitrogens with one attached hydrogen (secondary N) is 1. The Balaban J connectivity index is 1.70. The lowest BCUT2D eigenvalue weighted by Crippen LogP contribution is -2.25. The zero-order valence-electron chi connectivity index (χ0n) is 10.5. The van der Waals surface area contributed by atoms with Crippen LogP contribution in [0.3, 0.4) is 0 Å². The largest absolute Gasteiger partial charge is 0.497 e. The Kier molecular flexibility index (Phi) is 3.45. The molecular formula is C12H14N4O2S. The Labute approximate surface area is 115 Å². The molecule has 6 nitrogen and oxygen atoms in total. The summed E-state index contributed by atoms with van der Waals surface area (Å²) in [7, 11) is 1.63. The minimum absolute atomic E-state index is 0.369. The molecule has 2 aromatic rings. The zero-order valence-corrected chi connectivity index (χ0v) is 11.3. The van der Waals surface area contributed by atoms with Crippen molar-refractivity contribution in [2.24, 2.45) is 0 Å². The number of aromatic nitrogens is 3. The lowest BCUT2D eigenvalue weighted by Gasteiger charge is -2.16. The number of methoxy groups -OCH3 is 1. The summed E-state index contributed by atoms with van der Waals surface area (Å²) in [5, 5.41) is 9.13. The summed E-state index contributed by atoms with van der Waals surface area (Å²) >= 11 is 1.69. The van der Waals surface area contributed by atoms with Crippen molar-refractivity contribution >= 4 is 11.8 Å². The molecular weight excluding hydrogens is 264 g/mol. The molecule has 2 heterocycles. The highest BCUT2D eigenvalue weighted by Gasteiger charge is 2.16. The van der Waals surface area contributed by atoms with Gasteiger partial charge in [-0.25, -0.2) is 4.68 Å². The SMILES string of the molecule is COc1cccc(OCc2nnc3n2NCCS3)c1. The second-order valence-electron chi connectivity index (χ2n) is 3.96. The molecule has 1 N–H and O–H groups in total. The molecule has 0 atom stereocenters. The molecule has 19 heavy (non-hydrogen) atoms. The van der Waals surface area contributed by atoms with Gasteiger partial charge in [-0.1, -0.05) is 17.8 Å². The molecule has 3 rings (SSSR count). The lowest BCUT2D eigenvalue weighted by molar-refractivity contribution is 0.288. The van der Waals surface area contributed by atoms with Crippen molar-refractivity contribution in [3.8, 4) is 11.5 Å². The fourth-order valence-electron chi connectivity index (χ4n) is 1.78. The van der Waals surface area contributed by atoms with E-state index >= 15 is 0 Å². The first-order valence-electron chi connectivity index (χ1n) is 5.94. The van der Waals surface area contributed by atoms with Crippen molar-refractivity contribution in [2.75, 3.05) is 24.8 Å². The molecule has 7 heteroatoms. The molecule has 0 radical (unpaired) electrons. The second-order valence-corrected chi connectivity index (χ2v) is 5.02. The second kappa shape index (κ2) is 5.40. The average Bonchev–Trinajstić information content (AvgIpc) is 2.89. The van der Waals surface area contributed by atoms with Crippen molar-refractivity contribution in [1.29, 1.82) is 0 Å². The lowest BCUT2D eigenvalue weighted by atomic mass is 10.3. The van der Waals surface area contributed by atoms with Gasteiger partial charge in [-0.15, -0.1) is 10.2 Å². The van der Waals surface area contributed by atoms with E-state index in [1.807, 2.05) is 28.9 Å². The number of fused-ring (bicyclic) bond motifs is 1. The van der Waals surface area contributed by atoms with Gasteiger partial charge in [-0.3, -0.25) is 0 Å². The average molecular weight is 278 g/mol. The first-order valence-corrected chi connectivity index (χ1v) is 6.93.